The maximum Gasteiger partial charge on any atom is 0.289 e. The summed E-state index contributed by atoms with van der Waals surface area (Å²) in [4.78, 5) is 27.9. The molecular formula is C20H15FN4O2. The number of anilines is 1. The van der Waals surface area contributed by atoms with Gasteiger partial charge in [-0.25, -0.2) is 9.82 Å². The lowest BCUT2D eigenvalue weighted by molar-refractivity contribution is 0.0949. The zero-order chi connectivity index (χ0) is 19.1. The van der Waals surface area contributed by atoms with Crippen molar-refractivity contribution < 1.29 is 14.0 Å². The fourth-order valence-electron chi connectivity index (χ4n) is 2.18. The molecule has 0 saturated heterocycles. The Bertz CT molecular complexity index is 956. The van der Waals surface area contributed by atoms with E-state index in [0.29, 0.717) is 16.8 Å². The van der Waals surface area contributed by atoms with Crippen molar-refractivity contribution in [3.05, 3.63) is 95.6 Å². The van der Waals surface area contributed by atoms with Crippen molar-refractivity contribution in [3.63, 3.8) is 0 Å². The summed E-state index contributed by atoms with van der Waals surface area (Å²) in [6.07, 6.45) is 2.98. The number of benzene rings is 2. The Labute approximate surface area is 154 Å². The van der Waals surface area contributed by atoms with Crippen LogP contribution >= 0.6 is 0 Å². The summed E-state index contributed by atoms with van der Waals surface area (Å²) >= 11 is 0. The van der Waals surface area contributed by atoms with Crippen LogP contribution in [0, 0.1) is 5.82 Å². The number of hydrogen-bond donors (Lipinski definition) is 2. The smallest absolute Gasteiger partial charge is 0.289 e. The third-order valence-corrected chi connectivity index (χ3v) is 3.55. The van der Waals surface area contributed by atoms with Gasteiger partial charge in [0, 0.05) is 17.4 Å². The Balaban J connectivity index is 1.57. The van der Waals surface area contributed by atoms with E-state index in [1.165, 1.54) is 36.7 Å². The molecule has 1 heterocycles. The first kappa shape index (κ1) is 17.9. The van der Waals surface area contributed by atoms with Gasteiger partial charge in [-0.1, -0.05) is 18.2 Å². The van der Waals surface area contributed by atoms with Gasteiger partial charge in [-0.3, -0.25) is 14.6 Å². The van der Waals surface area contributed by atoms with Crippen LogP contribution < -0.4 is 10.7 Å². The molecule has 0 radical (unpaired) electrons. The summed E-state index contributed by atoms with van der Waals surface area (Å²) < 4.78 is 12.9. The Morgan fingerprint density at radius 3 is 2.33 bits per heavy atom. The molecule has 2 amide bonds. The number of nitrogens with zero attached hydrogens (tertiary/aromatic N) is 2. The molecule has 7 heteroatoms. The first-order valence-corrected chi connectivity index (χ1v) is 8.03. The molecule has 0 aliphatic heterocycles. The molecule has 0 aliphatic rings. The van der Waals surface area contributed by atoms with E-state index in [2.05, 4.69) is 20.8 Å². The van der Waals surface area contributed by atoms with Gasteiger partial charge >= 0.3 is 0 Å². The van der Waals surface area contributed by atoms with Gasteiger partial charge < -0.3 is 5.32 Å². The van der Waals surface area contributed by atoms with E-state index in [0.717, 1.165) is 0 Å². The predicted octanol–water partition coefficient (Wildman–Crippen LogP) is 3.24. The summed E-state index contributed by atoms with van der Waals surface area (Å²) in [6, 6.07) is 17.2. The molecule has 27 heavy (non-hydrogen) atoms. The largest absolute Gasteiger partial charge is 0.322 e. The summed E-state index contributed by atoms with van der Waals surface area (Å²) in [5, 5.41) is 6.55. The average Bonchev–Trinajstić information content (AvgIpc) is 2.71. The number of amides is 2. The number of rotatable bonds is 5. The Morgan fingerprint density at radius 2 is 1.67 bits per heavy atom. The highest BCUT2D eigenvalue weighted by molar-refractivity contribution is 6.04. The van der Waals surface area contributed by atoms with Crippen molar-refractivity contribution in [3.8, 4) is 0 Å². The van der Waals surface area contributed by atoms with Crippen LogP contribution in [0.5, 0.6) is 0 Å². The molecule has 2 N–H and O–H groups in total. The normalized spacial score (nSPS) is 10.6. The first-order chi connectivity index (χ1) is 13.1. The molecule has 3 aromatic rings. The number of hydrogen-bond acceptors (Lipinski definition) is 4. The standard InChI is InChI=1S/C20H15FN4O2/c21-16-8-10-17(11-9-16)24-19(26)15-6-4-14(5-7-15)13-23-25-20(27)18-3-1-2-12-22-18/h1-13H,(H,24,26)(H,25,27). The van der Waals surface area contributed by atoms with E-state index in [4.69, 9.17) is 0 Å². The molecule has 6 nitrogen and oxygen atoms in total. The van der Waals surface area contributed by atoms with Crippen molar-refractivity contribution in [1.82, 2.24) is 10.4 Å². The van der Waals surface area contributed by atoms with Crippen LogP contribution in [-0.4, -0.2) is 23.0 Å². The monoisotopic (exact) mass is 362 g/mol. The maximum atomic E-state index is 12.9. The minimum atomic E-state index is -0.415. The molecule has 0 saturated carbocycles. The molecule has 0 atom stereocenters. The first-order valence-electron chi connectivity index (χ1n) is 8.03. The van der Waals surface area contributed by atoms with Gasteiger partial charge in [0.1, 0.15) is 11.5 Å². The molecule has 3 rings (SSSR count). The van der Waals surface area contributed by atoms with Crippen LogP contribution in [0.3, 0.4) is 0 Å². The minimum absolute atomic E-state index is 0.266. The van der Waals surface area contributed by atoms with Gasteiger partial charge in [0.25, 0.3) is 11.8 Å². The summed E-state index contributed by atoms with van der Waals surface area (Å²) in [5.74, 6) is -1.09. The second kappa shape index (κ2) is 8.48. The Morgan fingerprint density at radius 1 is 0.926 bits per heavy atom. The van der Waals surface area contributed by atoms with Crippen LogP contribution in [0.2, 0.25) is 0 Å². The van der Waals surface area contributed by atoms with Crippen LogP contribution in [0.15, 0.2) is 78.0 Å². The molecule has 2 aromatic carbocycles. The van der Waals surface area contributed by atoms with E-state index < -0.39 is 5.91 Å². The zero-order valence-electron chi connectivity index (χ0n) is 14.1. The second-order valence-corrected chi connectivity index (χ2v) is 5.50. The predicted molar refractivity (Wildman–Crippen MR) is 100 cm³/mol. The molecular weight excluding hydrogens is 347 g/mol. The number of nitrogens with one attached hydrogen (secondary N) is 2. The number of hydrazone groups is 1. The highest BCUT2D eigenvalue weighted by Crippen LogP contribution is 2.11. The summed E-state index contributed by atoms with van der Waals surface area (Å²) in [6.45, 7) is 0. The van der Waals surface area contributed by atoms with E-state index >= 15 is 0 Å². The van der Waals surface area contributed by atoms with Crippen molar-refractivity contribution >= 4 is 23.7 Å². The maximum absolute atomic E-state index is 12.9. The number of pyridine rings is 1. The van der Waals surface area contributed by atoms with Crippen molar-refractivity contribution in [2.45, 2.75) is 0 Å². The highest BCUT2D eigenvalue weighted by Gasteiger charge is 2.06. The minimum Gasteiger partial charge on any atom is -0.322 e. The van der Waals surface area contributed by atoms with E-state index in [-0.39, 0.29) is 17.4 Å². The Hall–Kier alpha value is -3.87. The average molecular weight is 362 g/mol. The van der Waals surface area contributed by atoms with Crippen molar-refractivity contribution in [1.29, 1.82) is 0 Å². The lowest BCUT2D eigenvalue weighted by Gasteiger charge is -2.05. The molecule has 134 valence electrons. The fourth-order valence-corrected chi connectivity index (χ4v) is 2.18. The van der Waals surface area contributed by atoms with Gasteiger partial charge in [0.2, 0.25) is 0 Å². The number of carbonyl (C=O) groups excluding carboxylic acids is 2. The summed E-state index contributed by atoms with van der Waals surface area (Å²) in [7, 11) is 0. The molecule has 0 aliphatic carbocycles. The number of halogens is 1. The van der Waals surface area contributed by atoms with E-state index in [1.54, 1.807) is 42.5 Å². The van der Waals surface area contributed by atoms with Crippen LogP contribution in [0.4, 0.5) is 10.1 Å². The lowest BCUT2D eigenvalue weighted by Crippen LogP contribution is -2.18. The van der Waals surface area contributed by atoms with Crippen LogP contribution in [0.25, 0.3) is 0 Å². The van der Waals surface area contributed by atoms with Crippen LogP contribution in [0.1, 0.15) is 26.4 Å². The molecule has 0 fully saturated rings. The molecule has 0 spiro atoms. The highest BCUT2D eigenvalue weighted by atomic mass is 19.1. The number of aromatic nitrogens is 1. The van der Waals surface area contributed by atoms with Gasteiger partial charge in [-0.05, 0) is 54.1 Å². The van der Waals surface area contributed by atoms with Crippen LogP contribution in [-0.2, 0) is 0 Å². The lowest BCUT2D eigenvalue weighted by atomic mass is 10.1. The Kier molecular flexibility index (Phi) is 5.64. The summed E-state index contributed by atoms with van der Waals surface area (Å²) in [5.41, 5.74) is 4.29. The fraction of sp³-hybridized carbons (Fsp3) is 0. The van der Waals surface area contributed by atoms with Crippen molar-refractivity contribution in [2.24, 2.45) is 5.10 Å². The van der Waals surface area contributed by atoms with Gasteiger partial charge in [-0.15, -0.1) is 0 Å². The van der Waals surface area contributed by atoms with Gasteiger partial charge in [0.15, 0.2) is 0 Å². The molecule has 0 bridgehead atoms. The third kappa shape index (κ3) is 5.05. The molecule has 0 unspecified atom stereocenters. The SMILES string of the molecule is O=C(Nc1ccc(F)cc1)c1ccc(C=NNC(=O)c2ccccn2)cc1. The van der Waals surface area contributed by atoms with Gasteiger partial charge in [-0.2, -0.15) is 5.10 Å². The zero-order valence-corrected chi connectivity index (χ0v) is 14.1. The van der Waals surface area contributed by atoms with Crippen molar-refractivity contribution in [2.75, 3.05) is 5.32 Å². The second-order valence-electron chi connectivity index (χ2n) is 5.50. The quantitative estimate of drug-likeness (QED) is 0.540. The third-order valence-electron chi connectivity index (χ3n) is 3.55. The molecule has 1 aromatic heterocycles. The number of carbonyl (C=O) groups is 2. The van der Waals surface area contributed by atoms with E-state index in [1.807, 2.05) is 0 Å². The van der Waals surface area contributed by atoms with E-state index in [9.17, 15) is 14.0 Å². The topological polar surface area (TPSA) is 83.5 Å². The van der Waals surface area contributed by atoms with Gasteiger partial charge in [0.05, 0.1) is 6.21 Å².